The average Bonchev–Trinajstić information content (AvgIpc) is 2.33. The maximum atomic E-state index is 12.9. The third kappa shape index (κ3) is 5.37. The van der Waals surface area contributed by atoms with Crippen LogP contribution in [0.1, 0.15) is 35.6 Å². The molecule has 0 saturated heterocycles. The van der Waals surface area contributed by atoms with Gasteiger partial charge < -0.3 is 11.5 Å². The fourth-order valence-corrected chi connectivity index (χ4v) is 1.79. The first-order valence-electron chi connectivity index (χ1n) is 5.81. The zero-order valence-electron chi connectivity index (χ0n) is 10.8. The summed E-state index contributed by atoms with van der Waals surface area (Å²) >= 11 is 0. The highest BCUT2D eigenvalue weighted by atomic mass is 35.5. The van der Waals surface area contributed by atoms with Crippen LogP contribution in [0.25, 0.3) is 0 Å². The fourth-order valence-electron chi connectivity index (χ4n) is 1.79. The van der Waals surface area contributed by atoms with Gasteiger partial charge in [-0.05, 0) is 37.1 Å². The van der Waals surface area contributed by atoms with Gasteiger partial charge in [0.15, 0.2) is 0 Å². The van der Waals surface area contributed by atoms with Gasteiger partial charge >= 0.3 is 12.4 Å². The monoisotopic (exact) mass is 336 g/mol. The molecule has 1 atom stereocenters. The van der Waals surface area contributed by atoms with Crippen LogP contribution in [0.5, 0.6) is 0 Å². The van der Waals surface area contributed by atoms with Gasteiger partial charge in [0.25, 0.3) is 0 Å². The molecule has 0 aromatic heterocycles. The lowest BCUT2D eigenvalue weighted by Gasteiger charge is -2.20. The lowest BCUT2D eigenvalue weighted by Crippen LogP contribution is -2.20. The van der Waals surface area contributed by atoms with E-state index in [0.29, 0.717) is 12.5 Å². The summed E-state index contributed by atoms with van der Waals surface area (Å²) in [6, 6.07) is 0.481. The molecule has 0 aliphatic heterocycles. The number of benzene rings is 1. The van der Waals surface area contributed by atoms with Gasteiger partial charge in [0.2, 0.25) is 0 Å². The van der Waals surface area contributed by atoms with Crippen molar-refractivity contribution in [3.8, 4) is 0 Å². The van der Waals surface area contributed by atoms with Crippen LogP contribution in [0, 0.1) is 0 Å². The molecule has 21 heavy (non-hydrogen) atoms. The van der Waals surface area contributed by atoms with Gasteiger partial charge in [-0.25, -0.2) is 0 Å². The van der Waals surface area contributed by atoms with Crippen LogP contribution in [0.2, 0.25) is 0 Å². The third-order valence-corrected chi connectivity index (χ3v) is 2.80. The molecule has 0 fully saturated rings. The second kappa shape index (κ2) is 7.33. The van der Waals surface area contributed by atoms with E-state index in [1.807, 2.05) is 0 Å². The van der Waals surface area contributed by atoms with Crippen LogP contribution in [0.3, 0.4) is 0 Å². The second-order valence-corrected chi connectivity index (χ2v) is 4.33. The Balaban J connectivity index is 0.00000400. The predicted octanol–water partition coefficient (Wildman–Crippen LogP) is 3.88. The summed E-state index contributed by atoms with van der Waals surface area (Å²) in [5.74, 6) is 0. The molecule has 1 rings (SSSR count). The van der Waals surface area contributed by atoms with Gasteiger partial charge in [-0.1, -0.05) is 6.07 Å². The van der Waals surface area contributed by atoms with Crippen molar-refractivity contribution in [2.24, 2.45) is 11.5 Å². The number of halogens is 7. The zero-order valence-corrected chi connectivity index (χ0v) is 11.6. The molecule has 1 aromatic rings. The van der Waals surface area contributed by atoms with Gasteiger partial charge in [-0.2, -0.15) is 26.3 Å². The van der Waals surface area contributed by atoms with Crippen LogP contribution < -0.4 is 11.5 Å². The van der Waals surface area contributed by atoms with Crippen molar-refractivity contribution >= 4 is 12.4 Å². The number of alkyl halides is 6. The van der Waals surface area contributed by atoms with Crippen molar-refractivity contribution in [2.45, 2.75) is 31.2 Å². The number of hydrogen-bond donors (Lipinski definition) is 2. The molecular weight excluding hydrogens is 322 g/mol. The summed E-state index contributed by atoms with van der Waals surface area (Å²) in [6.45, 7) is 0.246. The molecular formula is C12H15ClF6N2. The van der Waals surface area contributed by atoms with Gasteiger partial charge in [-0.15, -0.1) is 12.4 Å². The van der Waals surface area contributed by atoms with E-state index < -0.39 is 29.5 Å². The van der Waals surface area contributed by atoms with E-state index in [1.165, 1.54) is 0 Å². The Labute approximate surface area is 123 Å². The Morgan fingerprint density at radius 1 is 1.00 bits per heavy atom. The van der Waals surface area contributed by atoms with Crippen molar-refractivity contribution in [3.05, 3.63) is 34.9 Å². The van der Waals surface area contributed by atoms with Crippen molar-refractivity contribution < 1.29 is 26.3 Å². The summed E-state index contributed by atoms with van der Waals surface area (Å²) in [4.78, 5) is 0. The van der Waals surface area contributed by atoms with Crippen molar-refractivity contribution in [2.75, 3.05) is 6.54 Å². The van der Waals surface area contributed by atoms with Crippen LogP contribution >= 0.6 is 12.4 Å². The molecule has 0 aliphatic carbocycles. The fraction of sp³-hybridized carbons (Fsp3) is 0.500. The van der Waals surface area contributed by atoms with Gasteiger partial charge in [0, 0.05) is 6.04 Å². The van der Waals surface area contributed by atoms with Crippen LogP contribution in [-0.4, -0.2) is 6.54 Å². The highest BCUT2D eigenvalue weighted by Gasteiger charge is 2.38. The summed E-state index contributed by atoms with van der Waals surface area (Å²) in [5, 5.41) is 0. The molecule has 0 amide bonds. The number of hydrogen-bond acceptors (Lipinski definition) is 2. The van der Waals surface area contributed by atoms with E-state index in [9.17, 15) is 26.3 Å². The SMILES string of the molecule is Cl.NCCC[C@H](N)c1ccc(C(F)(F)F)cc1C(F)(F)F. The van der Waals surface area contributed by atoms with Crippen molar-refractivity contribution in [1.29, 1.82) is 0 Å². The molecule has 0 spiro atoms. The smallest absolute Gasteiger partial charge is 0.330 e. The first-order valence-corrected chi connectivity index (χ1v) is 5.81. The minimum atomic E-state index is -4.89. The van der Waals surface area contributed by atoms with E-state index in [1.54, 1.807) is 0 Å². The topological polar surface area (TPSA) is 52.0 Å². The molecule has 0 bridgehead atoms. The number of rotatable bonds is 4. The molecule has 1 aromatic carbocycles. The van der Waals surface area contributed by atoms with Crippen LogP contribution in [0.15, 0.2) is 18.2 Å². The minimum Gasteiger partial charge on any atom is -0.330 e. The first kappa shape index (κ1) is 20.0. The van der Waals surface area contributed by atoms with Crippen LogP contribution in [-0.2, 0) is 12.4 Å². The lowest BCUT2D eigenvalue weighted by molar-refractivity contribution is -0.143. The third-order valence-electron chi connectivity index (χ3n) is 2.80. The van der Waals surface area contributed by atoms with E-state index in [0.717, 1.165) is 6.07 Å². The summed E-state index contributed by atoms with van der Waals surface area (Å²) in [5.41, 5.74) is 7.79. The molecule has 0 heterocycles. The van der Waals surface area contributed by atoms with Crippen LogP contribution in [0.4, 0.5) is 26.3 Å². The van der Waals surface area contributed by atoms with Crippen molar-refractivity contribution in [3.63, 3.8) is 0 Å². The van der Waals surface area contributed by atoms with E-state index in [2.05, 4.69) is 0 Å². The summed E-state index contributed by atoms with van der Waals surface area (Å²) in [7, 11) is 0. The molecule has 4 N–H and O–H groups in total. The Morgan fingerprint density at radius 3 is 2.00 bits per heavy atom. The standard InChI is InChI=1S/C12H14F6N2.ClH/c13-11(14,15)7-3-4-8(10(20)2-1-5-19)9(6-7)12(16,17)18;/h3-4,6,10H,1-2,5,19-20H2;1H/t10-;/m0./s1. The summed E-state index contributed by atoms with van der Waals surface area (Å²) in [6.07, 6.45) is -9.17. The molecule has 0 radical (unpaired) electrons. The second-order valence-electron chi connectivity index (χ2n) is 4.33. The quantitative estimate of drug-likeness (QED) is 0.820. The Hall–Kier alpha value is -0.990. The highest BCUT2D eigenvalue weighted by molar-refractivity contribution is 5.85. The minimum absolute atomic E-state index is 0. The van der Waals surface area contributed by atoms with E-state index in [-0.39, 0.29) is 37.0 Å². The van der Waals surface area contributed by atoms with Gasteiger partial charge in [0.1, 0.15) is 0 Å². The predicted molar refractivity (Wildman–Crippen MR) is 68.9 cm³/mol. The maximum Gasteiger partial charge on any atom is 0.416 e. The van der Waals surface area contributed by atoms with Gasteiger partial charge in [-0.3, -0.25) is 0 Å². The molecule has 122 valence electrons. The Bertz CT molecular complexity index is 458. The van der Waals surface area contributed by atoms with E-state index >= 15 is 0 Å². The largest absolute Gasteiger partial charge is 0.416 e. The maximum absolute atomic E-state index is 12.9. The highest BCUT2D eigenvalue weighted by Crippen LogP contribution is 2.39. The first-order chi connectivity index (χ1) is 9.07. The Kier molecular flexibility index (Phi) is 6.98. The molecule has 0 aliphatic rings. The molecule has 0 saturated carbocycles. The summed E-state index contributed by atoms with van der Waals surface area (Å²) < 4.78 is 76.0. The van der Waals surface area contributed by atoms with Crippen molar-refractivity contribution in [1.82, 2.24) is 0 Å². The molecule has 9 heteroatoms. The normalized spacial score (nSPS) is 13.7. The lowest BCUT2D eigenvalue weighted by atomic mass is 9.95. The molecule has 2 nitrogen and oxygen atoms in total. The Morgan fingerprint density at radius 2 is 1.57 bits per heavy atom. The zero-order chi connectivity index (χ0) is 15.6. The van der Waals surface area contributed by atoms with E-state index in [4.69, 9.17) is 11.5 Å². The number of nitrogens with two attached hydrogens (primary N) is 2. The molecule has 0 unspecified atom stereocenters. The average molecular weight is 337 g/mol. The van der Waals surface area contributed by atoms with Gasteiger partial charge in [0.05, 0.1) is 11.1 Å².